The minimum Gasteiger partial charge on any atom is -0.493 e. The summed E-state index contributed by atoms with van der Waals surface area (Å²) in [5, 5.41) is 0. The Morgan fingerprint density at radius 1 is 0.964 bits per heavy atom. The topological polar surface area (TPSA) is 65.1 Å². The highest BCUT2D eigenvalue weighted by atomic mass is 16.5. The first kappa shape index (κ1) is 21.5. The highest BCUT2D eigenvalue weighted by Gasteiger charge is 2.36. The number of hydrogen-bond acceptors (Lipinski definition) is 6. The average Bonchev–Trinajstić information content (AvgIpc) is 2.68. The summed E-state index contributed by atoms with van der Waals surface area (Å²) in [4.78, 5) is 27.1. The molecule has 0 bridgehead atoms. The summed E-state index contributed by atoms with van der Waals surface area (Å²) in [6, 6.07) is 7.47. The predicted octanol–water partition coefficient (Wildman–Crippen LogP) is 3.79. The fraction of sp³-hybridized carbons (Fsp3) is 0.455. The second kappa shape index (κ2) is 10.5. The standard InChI is InChI=1S/C22H29NO5/c1-5-8-13-28-19-12-10-9-11-16(19)20-17(21(24)26-6-2)14-23(4)15-18(20)22(25)27-7-3/h9-12,14-15,20H,5-8,13H2,1-4H3. The summed E-state index contributed by atoms with van der Waals surface area (Å²) in [5.74, 6) is -0.891. The molecule has 1 aromatic carbocycles. The summed E-state index contributed by atoms with van der Waals surface area (Å²) in [6.45, 7) is 6.67. The quantitative estimate of drug-likeness (QED) is 0.474. The lowest BCUT2D eigenvalue weighted by molar-refractivity contribution is -0.139. The molecule has 6 nitrogen and oxygen atoms in total. The number of hydrogen-bond donors (Lipinski definition) is 0. The first-order chi connectivity index (χ1) is 13.5. The molecule has 0 aromatic heterocycles. The number of unbranched alkanes of at least 4 members (excludes halogenated alkanes) is 1. The highest BCUT2D eigenvalue weighted by Crippen LogP contribution is 2.40. The summed E-state index contributed by atoms with van der Waals surface area (Å²) in [7, 11) is 1.76. The van der Waals surface area contributed by atoms with Gasteiger partial charge in [0.2, 0.25) is 0 Å². The Morgan fingerprint density at radius 3 is 2.07 bits per heavy atom. The molecule has 0 saturated heterocycles. The number of ether oxygens (including phenoxy) is 3. The third-order valence-electron chi connectivity index (χ3n) is 4.32. The summed E-state index contributed by atoms with van der Waals surface area (Å²) in [6.07, 6.45) is 5.31. The Morgan fingerprint density at radius 2 is 1.54 bits per heavy atom. The molecule has 1 aliphatic rings. The molecular weight excluding hydrogens is 358 g/mol. The molecule has 1 aliphatic heterocycles. The van der Waals surface area contributed by atoms with Crippen molar-refractivity contribution in [3.8, 4) is 5.75 Å². The van der Waals surface area contributed by atoms with Crippen LogP contribution in [-0.4, -0.2) is 43.7 Å². The third-order valence-corrected chi connectivity index (χ3v) is 4.32. The van der Waals surface area contributed by atoms with Gasteiger partial charge in [0, 0.05) is 25.0 Å². The normalized spacial score (nSPS) is 14.2. The third kappa shape index (κ3) is 5.15. The second-order valence-electron chi connectivity index (χ2n) is 6.45. The average molecular weight is 387 g/mol. The van der Waals surface area contributed by atoms with Crippen molar-refractivity contribution in [2.75, 3.05) is 26.9 Å². The van der Waals surface area contributed by atoms with Gasteiger partial charge in [-0.1, -0.05) is 31.5 Å². The maximum absolute atomic E-state index is 12.7. The monoisotopic (exact) mass is 387 g/mol. The van der Waals surface area contributed by atoms with E-state index in [4.69, 9.17) is 14.2 Å². The van der Waals surface area contributed by atoms with Crippen LogP contribution < -0.4 is 4.74 Å². The molecule has 0 N–H and O–H groups in total. The number of nitrogens with zero attached hydrogens (tertiary/aromatic N) is 1. The summed E-state index contributed by atoms with van der Waals surface area (Å²) < 4.78 is 16.5. The van der Waals surface area contributed by atoms with Crippen LogP contribution in [0, 0.1) is 0 Å². The van der Waals surface area contributed by atoms with E-state index < -0.39 is 17.9 Å². The van der Waals surface area contributed by atoms with Crippen LogP contribution in [0.1, 0.15) is 45.1 Å². The smallest absolute Gasteiger partial charge is 0.336 e. The van der Waals surface area contributed by atoms with E-state index in [9.17, 15) is 9.59 Å². The zero-order valence-corrected chi connectivity index (χ0v) is 17.1. The maximum atomic E-state index is 12.7. The van der Waals surface area contributed by atoms with Crippen LogP contribution in [0.25, 0.3) is 0 Å². The molecule has 152 valence electrons. The van der Waals surface area contributed by atoms with E-state index in [0.29, 0.717) is 23.5 Å². The Hall–Kier alpha value is -2.76. The van der Waals surface area contributed by atoms with E-state index in [-0.39, 0.29) is 13.2 Å². The van der Waals surface area contributed by atoms with Crippen molar-refractivity contribution in [2.24, 2.45) is 0 Å². The molecule has 28 heavy (non-hydrogen) atoms. The molecule has 6 heteroatoms. The van der Waals surface area contributed by atoms with E-state index in [1.54, 1.807) is 38.2 Å². The largest absolute Gasteiger partial charge is 0.493 e. The van der Waals surface area contributed by atoms with Crippen LogP contribution >= 0.6 is 0 Å². The van der Waals surface area contributed by atoms with Crippen molar-refractivity contribution in [1.82, 2.24) is 4.90 Å². The molecule has 2 rings (SSSR count). The molecule has 0 radical (unpaired) electrons. The van der Waals surface area contributed by atoms with Crippen molar-refractivity contribution in [3.05, 3.63) is 53.4 Å². The molecule has 0 atom stereocenters. The summed E-state index contributed by atoms with van der Waals surface area (Å²) in [5.41, 5.74) is 1.49. The van der Waals surface area contributed by atoms with Gasteiger partial charge in [-0.2, -0.15) is 0 Å². The number of carbonyl (C=O) groups excluding carboxylic acids is 2. The van der Waals surface area contributed by atoms with Crippen molar-refractivity contribution in [1.29, 1.82) is 0 Å². The second-order valence-corrected chi connectivity index (χ2v) is 6.45. The molecule has 1 heterocycles. The van der Waals surface area contributed by atoms with E-state index in [0.717, 1.165) is 18.4 Å². The van der Waals surface area contributed by atoms with Gasteiger partial charge in [-0.05, 0) is 26.3 Å². The molecule has 0 saturated carbocycles. The van der Waals surface area contributed by atoms with E-state index in [1.807, 2.05) is 24.3 Å². The predicted molar refractivity (Wildman–Crippen MR) is 107 cm³/mol. The fourth-order valence-corrected chi connectivity index (χ4v) is 3.07. The first-order valence-electron chi connectivity index (χ1n) is 9.74. The fourth-order valence-electron chi connectivity index (χ4n) is 3.07. The van der Waals surface area contributed by atoms with Gasteiger partial charge in [0.15, 0.2) is 0 Å². The highest BCUT2D eigenvalue weighted by molar-refractivity contribution is 5.98. The molecule has 0 unspecified atom stereocenters. The van der Waals surface area contributed by atoms with Crippen LogP contribution in [-0.2, 0) is 19.1 Å². The van der Waals surface area contributed by atoms with Gasteiger partial charge in [0.05, 0.1) is 36.9 Å². The van der Waals surface area contributed by atoms with Gasteiger partial charge < -0.3 is 19.1 Å². The van der Waals surface area contributed by atoms with Crippen LogP contribution in [0.4, 0.5) is 0 Å². The zero-order chi connectivity index (χ0) is 20.5. The van der Waals surface area contributed by atoms with E-state index in [2.05, 4.69) is 6.92 Å². The number of esters is 2. The number of rotatable bonds is 9. The number of carbonyl (C=O) groups is 2. The van der Waals surface area contributed by atoms with Gasteiger partial charge in [0.1, 0.15) is 5.75 Å². The Kier molecular flexibility index (Phi) is 8.11. The van der Waals surface area contributed by atoms with Gasteiger partial charge in [0.25, 0.3) is 0 Å². The lowest BCUT2D eigenvalue weighted by Crippen LogP contribution is -2.28. The minimum atomic E-state index is -0.618. The van der Waals surface area contributed by atoms with Crippen LogP contribution in [0.3, 0.4) is 0 Å². The first-order valence-corrected chi connectivity index (χ1v) is 9.74. The lowest BCUT2D eigenvalue weighted by atomic mass is 9.83. The number of para-hydroxylation sites is 1. The van der Waals surface area contributed by atoms with Gasteiger partial charge >= 0.3 is 11.9 Å². The Bertz CT molecular complexity index is 717. The molecule has 0 spiro atoms. The van der Waals surface area contributed by atoms with Crippen LogP contribution in [0.5, 0.6) is 5.75 Å². The van der Waals surface area contributed by atoms with Crippen molar-refractivity contribution < 1.29 is 23.8 Å². The molecule has 1 aromatic rings. The Labute approximate surface area is 166 Å². The molecule has 0 fully saturated rings. The maximum Gasteiger partial charge on any atom is 0.336 e. The van der Waals surface area contributed by atoms with Crippen molar-refractivity contribution in [2.45, 2.75) is 39.5 Å². The van der Waals surface area contributed by atoms with E-state index >= 15 is 0 Å². The summed E-state index contributed by atoms with van der Waals surface area (Å²) >= 11 is 0. The zero-order valence-electron chi connectivity index (χ0n) is 17.1. The Balaban J connectivity index is 2.52. The van der Waals surface area contributed by atoms with Gasteiger partial charge in [-0.25, -0.2) is 9.59 Å². The van der Waals surface area contributed by atoms with E-state index in [1.165, 1.54) is 0 Å². The van der Waals surface area contributed by atoms with Gasteiger partial charge in [-0.15, -0.1) is 0 Å². The van der Waals surface area contributed by atoms with Crippen LogP contribution in [0.2, 0.25) is 0 Å². The molecule has 0 aliphatic carbocycles. The van der Waals surface area contributed by atoms with Crippen molar-refractivity contribution >= 4 is 11.9 Å². The van der Waals surface area contributed by atoms with Crippen LogP contribution in [0.15, 0.2) is 47.8 Å². The molecule has 0 amide bonds. The van der Waals surface area contributed by atoms with Crippen molar-refractivity contribution in [3.63, 3.8) is 0 Å². The SMILES string of the molecule is CCCCOc1ccccc1C1C(C(=O)OCC)=CN(C)C=C1C(=O)OCC. The molecular formula is C22H29NO5. The van der Waals surface area contributed by atoms with Gasteiger partial charge in [-0.3, -0.25) is 0 Å². The number of benzene rings is 1. The minimum absolute atomic E-state index is 0.250. The lowest BCUT2D eigenvalue weighted by Gasteiger charge is -2.29.